The van der Waals surface area contributed by atoms with Crippen LogP contribution in [0, 0.1) is 6.92 Å². The predicted octanol–water partition coefficient (Wildman–Crippen LogP) is 2.29. The van der Waals surface area contributed by atoms with Gasteiger partial charge in [0.05, 0.1) is 12.3 Å². The van der Waals surface area contributed by atoms with Crippen LogP contribution in [0.2, 0.25) is 0 Å². The van der Waals surface area contributed by atoms with Crippen LogP contribution in [0.4, 0.5) is 0 Å². The Balaban J connectivity index is 2.22. The molecule has 2 aromatic rings. The summed E-state index contributed by atoms with van der Waals surface area (Å²) in [6.07, 6.45) is 0.805. The van der Waals surface area contributed by atoms with E-state index in [-0.39, 0.29) is 0 Å². The summed E-state index contributed by atoms with van der Waals surface area (Å²) in [4.78, 5) is 7.86. The minimum atomic E-state index is 0.619. The normalized spacial score (nSPS) is 10.6. The number of nitrogens with two attached hydrogens (primary N) is 1. The molecule has 3 N–H and O–H groups in total. The second-order valence-electron chi connectivity index (χ2n) is 4.15. The van der Waals surface area contributed by atoms with Gasteiger partial charge in [-0.1, -0.05) is 0 Å². The summed E-state index contributed by atoms with van der Waals surface area (Å²) in [6, 6.07) is 7.93. The molecular formula is C14H19N3O. The van der Waals surface area contributed by atoms with Crippen molar-refractivity contribution in [3.63, 3.8) is 0 Å². The number of nitrogens with zero attached hydrogens (tertiary/aromatic N) is 1. The lowest BCUT2D eigenvalue weighted by atomic mass is 10.2. The van der Waals surface area contributed by atoms with Gasteiger partial charge < -0.3 is 15.5 Å². The number of benzene rings is 1. The SMILES string of the molecule is CCOc1ccc(-c2nc(CCN)c(C)[nH]2)cc1. The number of rotatable bonds is 5. The smallest absolute Gasteiger partial charge is 0.137 e. The summed E-state index contributed by atoms with van der Waals surface area (Å²) < 4.78 is 5.42. The highest BCUT2D eigenvalue weighted by Gasteiger charge is 2.07. The molecular weight excluding hydrogens is 226 g/mol. The molecule has 4 heteroatoms. The summed E-state index contributed by atoms with van der Waals surface area (Å²) in [5, 5.41) is 0. The van der Waals surface area contributed by atoms with E-state index in [0.29, 0.717) is 13.2 Å². The first-order valence-electron chi connectivity index (χ1n) is 6.23. The first kappa shape index (κ1) is 12.6. The van der Waals surface area contributed by atoms with Gasteiger partial charge >= 0.3 is 0 Å². The largest absolute Gasteiger partial charge is 0.494 e. The molecule has 0 saturated carbocycles. The first-order chi connectivity index (χ1) is 8.74. The lowest BCUT2D eigenvalue weighted by molar-refractivity contribution is 0.340. The molecule has 0 aliphatic carbocycles. The molecule has 0 atom stereocenters. The predicted molar refractivity (Wildman–Crippen MR) is 72.7 cm³/mol. The van der Waals surface area contributed by atoms with Gasteiger partial charge in [0.25, 0.3) is 0 Å². The van der Waals surface area contributed by atoms with Gasteiger partial charge in [-0.05, 0) is 44.7 Å². The van der Waals surface area contributed by atoms with E-state index in [9.17, 15) is 0 Å². The average Bonchev–Trinajstić information content (AvgIpc) is 2.73. The van der Waals surface area contributed by atoms with Crippen LogP contribution in [0.3, 0.4) is 0 Å². The molecule has 96 valence electrons. The zero-order valence-corrected chi connectivity index (χ0v) is 10.9. The van der Waals surface area contributed by atoms with E-state index in [0.717, 1.165) is 34.9 Å². The van der Waals surface area contributed by atoms with Gasteiger partial charge in [-0.3, -0.25) is 0 Å². The van der Waals surface area contributed by atoms with Crippen LogP contribution >= 0.6 is 0 Å². The third-order valence-electron chi connectivity index (χ3n) is 2.81. The molecule has 0 unspecified atom stereocenters. The van der Waals surface area contributed by atoms with Crippen LogP contribution in [-0.2, 0) is 6.42 Å². The molecule has 0 radical (unpaired) electrons. The quantitative estimate of drug-likeness (QED) is 0.849. The highest BCUT2D eigenvalue weighted by Crippen LogP contribution is 2.21. The van der Waals surface area contributed by atoms with Crippen molar-refractivity contribution >= 4 is 0 Å². The highest BCUT2D eigenvalue weighted by atomic mass is 16.5. The van der Waals surface area contributed by atoms with E-state index < -0.39 is 0 Å². The number of nitrogens with one attached hydrogen (secondary N) is 1. The van der Waals surface area contributed by atoms with E-state index in [1.54, 1.807) is 0 Å². The number of ether oxygens (including phenoxy) is 1. The van der Waals surface area contributed by atoms with Gasteiger partial charge in [0, 0.05) is 17.7 Å². The second kappa shape index (κ2) is 5.69. The Morgan fingerprint density at radius 1 is 1.28 bits per heavy atom. The number of hydrogen-bond acceptors (Lipinski definition) is 3. The Hall–Kier alpha value is -1.81. The maximum absolute atomic E-state index is 5.56. The maximum Gasteiger partial charge on any atom is 0.137 e. The topological polar surface area (TPSA) is 63.9 Å². The Bertz CT molecular complexity index is 502. The Kier molecular flexibility index (Phi) is 3.99. The summed E-state index contributed by atoms with van der Waals surface area (Å²) in [7, 11) is 0. The fourth-order valence-corrected chi connectivity index (χ4v) is 1.89. The molecule has 0 bridgehead atoms. The summed E-state index contributed by atoms with van der Waals surface area (Å²) in [5.41, 5.74) is 8.75. The van der Waals surface area contributed by atoms with Crippen LogP contribution in [0.1, 0.15) is 18.3 Å². The van der Waals surface area contributed by atoms with Crippen LogP contribution in [0.15, 0.2) is 24.3 Å². The van der Waals surface area contributed by atoms with Gasteiger partial charge in [-0.2, -0.15) is 0 Å². The second-order valence-corrected chi connectivity index (χ2v) is 4.15. The van der Waals surface area contributed by atoms with Crippen molar-refractivity contribution in [1.29, 1.82) is 0 Å². The molecule has 0 amide bonds. The molecule has 1 heterocycles. The molecule has 0 saturated heterocycles. The van der Waals surface area contributed by atoms with Gasteiger partial charge in [-0.25, -0.2) is 4.98 Å². The summed E-state index contributed by atoms with van der Waals surface area (Å²) in [5.74, 6) is 1.77. The minimum absolute atomic E-state index is 0.619. The summed E-state index contributed by atoms with van der Waals surface area (Å²) >= 11 is 0. The van der Waals surface area contributed by atoms with E-state index in [4.69, 9.17) is 10.5 Å². The van der Waals surface area contributed by atoms with E-state index in [1.807, 2.05) is 38.1 Å². The van der Waals surface area contributed by atoms with Crippen LogP contribution in [-0.4, -0.2) is 23.1 Å². The van der Waals surface area contributed by atoms with Crippen molar-refractivity contribution in [3.05, 3.63) is 35.7 Å². The van der Waals surface area contributed by atoms with E-state index in [2.05, 4.69) is 9.97 Å². The number of H-pyrrole nitrogens is 1. The molecule has 4 nitrogen and oxygen atoms in total. The van der Waals surface area contributed by atoms with Crippen molar-refractivity contribution in [1.82, 2.24) is 9.97 Å². The number of aromatic amines is 1. The molecule has 1 aromatic heterocycles. The van der Waals surface area contributed by atoms with E-state index >= 15 is 0 Å². The molecule has 1 aromatic carbocycles. The molecule has 0 aliphatic heterocycles. The number of aryl methyl sites for hydroxylation is 1. The van der Waals surface area contributed by atoms with Crippen LogP contribution in [0.25, 0.3) is 11.4 Å². The third-order valence-corrected chi connectivity index (χ3v) is 2.81. The monoisotopic (exact) mass is 245 g/mol. The van der Waals surface area contributed by atoms with Crippen molar-refractivity contribution in [3.8, 4) is 17.1 Å². The Labute approximate surface area is 107 Å². The fourth-order valence-electron chi connectivity index (χ4n) is 1.89. The van der Waals surface area contributed by atoms with Crippen molar-refractivity contribution in [2.45, 2.75) is 20.3 Å². The molecule has 0 fully saturated rings. The van der Waals surface area contributed by atoms with Gasteiger partial charge in [0.1, 0.15) is 11.6 Å². The number of hydrogen-bond donors (Lipinski definition) is 2. The van der Waals surface area contributed by atoms with Crippen LogP contribution in [0.5, 0.6) is 5.75 Å². The van der Waals surface area contributed by atoms with Crippen molar-refractivity contribution in [2.24, 2.45) is 5.73 Å². The van der Waals surface area contributed by atoms with Gasteiger partial charge in [0.2, 0.25) is 0 Å². The van der Waals surface area contributed by atoms with Crippen molar-refractivity contribution in [2.75, 3.05) is 13.2 Å². The molecule has 0 spiro atoms. The Morgan fingerprint density at radius 3 is 2.61 bits per heavy atom. The lowest BCUT2D eigenvalue weighted by Gasteiger charge is -2.03. The lowest BCUT2D eigenvalue weighted by Crippen LogP contribution is -2.03. The summed E-state index contributed by atoms with van der Waals surface area (Å²) in [6.45, 7) is 5.30. The first-order valence-corrected chi connectivity index (χ1v) is 6.23. The standard InChI is InChI=1S/C14H19N3O/c1-3-18-12-6-4-11(5-7-12)14-16-10(2)13(17-14)8-9-15/h4-7H,3,8-9,15H2,1-2H3,(H,16,17). The molecule has 2 rings (SSSR count). The number of imidazole rings is 1. The van der Waals surface area contributed by atoms with Gasteiger partial charge in [0.15, 0.2) is 0 Å². The Morgan fingerprint density at radius 2 is 2.00 bits per heavy atom. The number of aromatic nitrogens is 2. The van der Waals surface area contributed by atoms with Crippen molar-refractivity contribution < 1.29 is 4.74 Å². The highest BCUT2D eigenvalue weighted by molar-refractivity contribution is 5.57. The third kappa shape index (κ3) is 2.71. The molecule has 0 aliphatic rings. The van der Waals surface area contributed by atoms with E-state index in [1.165, 1.54) is 0 Å². The van der Waals surface area contributed by atoms with Gasteiger partial charge in [-0.15, -0.1) is 0 Å². The van der Waals surface area contributed by atoms with Crippen LogP contribution < -0.4 is 10.5 Å². The minimum Gasteiger partial charge on any atom is -0.494 e. The molecule has 18 heavy (non-hydrogen) atoms. The maximum atomic E-state index is 5.56. The zero-order chi connectivity index (χ0) is 13.0. The fraction of sp³-hybridized carbons (Fsp3) is 0.357. The zero-order valence-electron chi connectivity index (χ0n) is 10.9. The average molecular weight is 245 g/mol.